The van der Waals surface area contributed by atoms with Crippen molar-refractivity contribution in [1.82, 2.24) is 9.97 Å². The average Bonchev–Trinajstić information content (AvgIpc) is 2.44. The molecule has 0 amide bonds. The van der Waals surface area contributed by atoms with Gasteiger partial charge >= 0.3 is 0 Å². The number of benzene rings is 1. The largest absolute Gasteiger partial charge is 0.399 e. The highest BCUT2D eigenvalue weighted by molar-refractivity contribution is 7.92. The number of aromatic nitrogens is 2. The van der Waals surface area contributed by atoms with Crippen LogP contribution in [-0.2, 0) is 10.0 Å². The molecular weight excluding hydrogens is 300 g/mol. The van der Waals surface area contributed by atoms with Gasteiger partial charge in [0.2, 0.25) is 5.95 Å². The Bertz CT molecular complexity index is 737. The van der Waals surface area contributed by atoms with Crippen molar-refractivity contribution >= 4 is 21.7 Å². The molecule has 0 aliphatic carbocycles. The van der Waals surface area contributed by atoms with Gasteiger partial charge in [-0.3, -0.25) is 0 Å². The van der Waals surface area contributed by atoms with Gasteiger partial charge in [-0.05, 0) is 50.6 Å². The Morgan fingerprint density at radius 3 is 2.14 bits per heavy atom. The van der Waals surface area contributed by atoms with E-state index in [0.29, 0.717) is 18.7 Å². The van der Waals surface area contributed by atoms with Crippen LogP contribution in [0.2, 0.25) is 0 Å². The Labute approximate surface area is 131 Å². The minimum absolute atomic E-state index is 0.179. The maximum Gasteiger partial charge on any atom is 0.266 e. The summed E-state index contributed by atoms with van der Waals surface area (Å²) in [6, 6.07) is 7.94. The summed E-state index contributed by atoms with van der Waals surface area (Å²) in [5.41, 5.74) is 7.60. The van der Waals surface area contributed by atoms with Crippen LogP contribution in [0, 0.1) is 13.8 Å². The molecule has 0 fully saturated rings. The fraction of sp³-hybridized carbons (Fsp3) is 0.333. The molecule has 7 heteroatoms. The van der Waals surface area contributed by atoms with Gasteiger partial charge in [-0.2, -0.15) is 0 Å². The SMILES string of the molecule is CCCN(c1nc(C)cc(C)n1)S(=O)(=O)c1ccc(N)cc1. The van der Waals surface area contributed by atoms with Crippen molar-refractivity contribution in [1.29, 1.82) is 0 Å². The van der Waals surface area contributed by atoms with Crippen LogP contribution in [0.4, 0.5) is 11.6 Å². The van der Waals surface area contributed by atoms with Crippen molar-refractivity contribution in [2.45, 2.75) is 32.1 Å². The van der Waals surface area contributed by atoms with Crippen LogP contribution in [0.25, 0.3) is 0 Å². The predicted octanol–water partition coefficient (Wildman–Crippen LogP) is 2.28. The van der Waals surface area contributed by atoms with Crippen molar-refractivity contribution in [3.8, 4) is 0 Å². The van der Waals surface area contributed by atoms with E-state index < -0.39 is 10.0 Å². The lowest BCUT2D eigenvalue weighted by Crippen LogP contribution is -2.33. The number of hydrogen-bond acceptors (Lipinski definition) is 5. The Kier molecular flexibility index (Phi) is 4.65. The Hall–Kier alpha value is -2.15. The first-order valence-corrected chi connectivity index (χ1v) is 8.49. The summed E-state index contributed by atoms with van der Waals surface area (Å²) in [7, 11) is -3.71. The van der Waals surface area contributed by atoms with Crippen LogP contribution in [0.1, 0.15) is 24.7 Å². The molecular formula is C15H20N4O2S. The van der Waals surface area contributed by atoms with Crippen molar-refractivity contribution in [3.63, 3.8) is 0 Å². The molecule has 0 spiro atoms. The summed E-state index contributed by atoms with van der Waals surface area (Å²) >= 11 is 0. The predicted molar refractivity (Wildman–Crippen MR) is 87.2 cm³/mol. The summed E-state index contributed by atoms with van der Waals surface area (Å²) in [5, 5.41) is 0. The van der Waals surface area contributed by atoms with Crippen LogP contribution in [0.3, 0.4) is 0 Å². The van der Waals surface area contributed by atoms with Crippen LogP contribution in [-0.4, -0.2) is 24.9 Å². The van der Waals surface area contributed by atoms with Gasteiger partial charge in [0.15, 0.2) is 0 Å². The van der Waals surface area contributed by atoms with E-state index in [0.717, 1.165) is 11.4 Å². The number of nitrogen functional groups attached to an aromatic ring is 1. The average molecular weight is 320 g/mol. The Morgan fingerprint density at radius 2 is 1.64 bits per heavy atom. The number of rotatable bonds is 5. The lowest BCUT2D eigenvalue weighted by Gasteiger charge is -2.22. The van der Waals surface area contributed by atoms with Crippen LogP contribution < -0.4 is 10.0 Å². The van der Waals surface area contributed by atoms with Gasteiger partial charge in [-0.25, -0.2) is 22.7 Å². The molecule has 118 valence electrons. The first kappa shape index (κ1) is 16.2. The van der Waals surface area contributed by atoms with E-state index in [9.17, 15) is 8.42 Å². The molecule has 2 rings (SSSR count). The lowest BCUT2D eigenvalue weighted by molar-refractivity contribution is 0.588. The van der Waals surface area contributed by atoms with Crippen LogP contribution in [0.5, 0.6) is 0 Å². The van der Waals surface area contributed by atoms with Crippen LogP contribution >= 0.6 is 0 Å². The minimum atomic E-state index is -3.71. The standard InChI is InChI=1S/C15H20N4O2S/c1-4-9-19(15-17-11(2)10-12(3)18-15)22(20,21)14-7-5-13(16)6-8-14/h5-8,10H,4,9,16H2,1-3H3. The van der Waals surface area contributed by atoms with E-state index in [1.165, 1.54) is 16.4 Å². The minimum Gasteiger partial charge on any atom is -0.399 e. The van der Waals surface area contributed by atoms with Gasteiger partial charge in [0.05, 0.1) is 4.90 Å². The number of nitrogens with two attached hydrogens (primary N) is 1. The van der Waals surface area contributed by atoms with E-state index in [2.05, 4.69) is 9.97 Å². The fourth-order valence-corrected chi connectivity index (χ4v) is 3.57. The molecule has 1 aromatic carbocycles. The Balaban J connectivity index is 2.52. The fourth-order valence-electron chi connectivity index (χ4n) is 2.12. The normalized spacial score (nSPS) is 11.4. The lowest BCUT2D eigenvalue weighted by atomic mass is 10.3. The van der Waals surface area contributed by atoms with E-state index in [4.69, 9.17) is 5.73 Å². The number of aryl methyl sites for hydroxylation is 2. The molecule has 6 nitrogen and oxygen atoms in total. The van der Waals surface area contributed by atoms with Gasteiger partial charge in [-0.1, -0.05) is 6.92 Å². The molecule has 1 heterocycles. The molecule has 22 heavy (non-hydrogen) atoms. The highest BCUT2D eigenvalue weighted by Crippen LogP contribution is 2.22. The molecule has 2 aromatic rings. The molecule has 0 atom stereocenters. The third-order valence-electron chi connectivity index (χ3n) is 3.09. The van der Waals surface area contributed by atoms with Crippen molar-refractivity contribution in [2.24, 2.45) is 0 Å². The number of nitrogens with zero attached hydrogens (tertiary/aromatic N) is 3. The van der Waals surface area contributed by atoms with Gasteiger partial charge in [0.25, 0.3) is 10.0 Å². The molecule has 0 aliphatic heterocycles. The Morgan fingerprint density at radius 1 is 1.09 bits per heavy atom. The second-order valence-corrected chi connectivity index (χ2v) is 6.96. The molecule has 0 aliphatic rings. The molecule has 0 saturated carbocycles. The van der Waals surface area contributed by atoms with E-state index in [-0.39, 0.29) is 10.8 Å². The monoisotopic (exact) mass is 320 g/mol. The van der Waals surface area contributed by atoms with Gasteiger partial charge in [0, 0.05) is 23.6 Å². The van der Waals surface area contributed by atoms with E-state index in [1.807, 2.05) is 26.8 Å². The molecule has 0 saturated heterocycles. The highest BCUT2D eigenvalue weighted by atomic mass is 32.2. The summed E-state index contributed by atoms with van der Waals surface area (Å²) in [4.78, 5) is 8.73. The van der Waals surface area contributed by atoms with E-state index >= 15 is 0 Å². The molecule has 0 bridgehead atoms. The number of sulfonamides is 1. The summed E-state index contributed by atoms with van der Waals surface area (Å²) in [6.07, 6.45) is 0.657. The molecule has 0 unspecified atom stereocenters. The van der Waals surface area contributed by atoms with Crippen molar-refractivity contribution < 1.29 is 8.42 Å². The highest BCUT2D eigenvalue weighted by Gasteiger charge is 2.26. The number of hydrogen-bond donors (Lipinski definition) is 1. The van der Waals surface area contributed by atoms with Crippen molar-refractivity contribution in [3.05, 3.63) is 41.7 Å². The smallest absolute Gasteiger partial charge is 0.266 e. The number of anilines is 2. The first-order chi connectivity index (χ1) is 10.3. The third-order valence-corrected chi connectivity index (χ3v) is 4.88. The maximum absolute atomic E-state index is 12.9. The zero-order valence-corrected chi connectivity index (χ0v) is 13.8. The van der Waals surface area contributed by atoms with Crippen molar-refractivity contribution in [2.75, 3.05) is 16.6 Å². The summed E-state index contributed by atoms with van der Waals surface area (Å²) < 4.78 is 27.0. The first-order valence-electron chi connectivity index (χ1n) is 7.05. The summed E-state index contributed by atoms with van der Waals surface area (Å²) in [5.74, 6) is 0.205. The zero-order chi connectivity index (χ0) is 16.3. The maximum atomic E-state index is 12.9. The third kappa shape index (κ3) is 3.36. The second kappa shape index (κ2) is 6.31. The topological polar surface area (TPSA) is 89.2 Å². The van der Waals surface area contributed by atoms with E-state index in [1.54, 1.807) is 12.1 Å². The quantitative estimate of drug-likeness (QED) is 0.854. The van der Waals surface area contributed by atoms with Gasteiger partial charge < -0.3 is 5.73 Å². The molecule has 2 N–H and O–H groups in total. The second-order valence-electron chi connectivity index (χ2n) is 5.10. The zero-order valence-electron chi connectivity index (χ0n) is 12.9. The molecule has 1 aromatic heterocycles. The summed E-state index contributed by atoms with van der Waals surface area (Å²) in [6.45, 7) is 5.86. The van der Waals surface area contributed by atoms with Gasteiger partial charge in [0.1, 0.15) is 0 Å². The van der Waals surface area contributed by atoms with Crippen LogP contribution in [0.15, 0.2) is 35.2 Å². The van der Waals surface area contributed by atoms with Gasteiger partial charge in [-0.15, -0.1) is 0 Å². The molecule has 0 radical (unpaired) electrons.